The van der Waals surface area contributed by atoms with Crippen LogP contribution in [0, 0.1) is 0 Å². The first-order valence-corrected chi connectivity index (χ1v) is 10.2. The van der Waals surface area contributed by atoms with Crippen LogP contribution >= 0.6 is 0 Å². The summed E-state index contributed by atoms with van der Waals surface area (Å²) in [4.78, 5) is 15.1. The summed E-state index contributed by atoms with van der Waals surface area (Å²) in [6.07, 6.45) is 5.48. The van der Waals surface area contributed by atoms with Gasteiger partial charge >= 0.3 is 0 Å². The van der Waals surface area contributed by atoms with Crippen LogP contribution < -0.4 is 0 Å². The number of nitrogens with zero attached hydrogens (tertiary/aromatic N) is 2. The van der Waals surface area contributed by atoms with E-state index in [1.807, 2.05) is 24.0 Å². The van der Waals surface area contributed by atoms with Crippen molar-refractivity contribution in [2.75, 3.05) is 19.7 Å². The topological polar surface area (TPSA) is 34.5 Å². The molecule has 146 valence electrons. The second-order valence-electron chi connectivity index (χ2n) is 7.63. The Bertz CT molecular complexity index is 932. The largest absolute Gasteiger partial charge is 0.375 e. The number of carbonyl (C=O) groups excluding carboxylic acids is 1. The number of aromatic nitrogens is 1. The van der Waals surface area contributed by atoms with Gasteiger partial charge in [0.2, 0.25) is 0 Å². The van der Waals surface area contributed by atoms with Crippen molar-refractivity contribution in [1.29, 1.82) is 0 Å². The monoisotopic (exact) mass is 376 g/mol. The molecule has 0 bridgehead atoms. The molecule has 0 N–H and O–H groups in total. The molecule has 1 atom stereocenters. The average Bonchev–Trinajstić information content (AvgIpc) is 3.10. The Hall–Kier alpha value is -2.59. The van der Waals surface area contributed by atoms with Gasteiger partial charge in [-0.25, -0.2) is 0 Å². The molecule has 0 unspecified atom stereocenters. The van der Waals surface area contributed by atoms with E-state index in [4.69, 9.17) is 4.74 Å². The minimum Gasteiger partial charge on any atom is -0.375 e. The number of morpholine rings is 1. The Kier molecular flexibility index (Phi) is 5.77. The van der Waals surface area contributed by atoms with Crippen molar-refractivity contribution < 1.29 is 9.53 Å². The fourth-order valence-corrected chi connectivity index (χ4v) is 4.03. The van der Waals surface area contributed by atoms with E-state index in [0.29, 0.717) is 19.7 Å². The zero-order valence-electron chi connectivity index (χ0n) is 16.5. The highest BCUT2D eigenvalue weighted by atomic mass is 16.5. The minimum atomic E-state index is 0.101. The summed E-state index contributed by atoms with van der Waals surface area (Å²) < 4.78 is 7.84. The second kappa shape index (κ2) is 8.61. The summed E-state index contributed by atoms with van der Waals surface area (Å²) in [6, 6.07) is 18.9. The van der Waals surface area contributed by atoms with Gasteiger partial charge in [0.1, 0.15) is 0 Å². The first kappa shape index (κ1) is 18.8. The minimum absolute atomic E-state index is 0.101. The zero-order valence-corrected chi connectivity index (χ0v) is 16.5. The molecule has 1 amide bonds. The molecule has 1 aliphatic heterocycles. The predicted molar refractivity (Wildman–Crippen MR) is 113 cm³/mol. The van der Waals surface area contributed by atoms with Crippen LogP contribution in [0.4, 0.5) is 0 Å². The van der Waals surface area contributed by atoms with Crippen molar-refractivity contribution in [2.24, 2.45) is 0 Å². The Morgan fingerprint density at radius 1 is 1.07 bits per heavy atom. The smallest absolute Gasteiger partial charge is 0.256 e. The number of carbonyl (C=O) groups is 1. The number of unbranched alkanes of at least 4 members (excludes halogenated alkanes) is 1. The van der Waals surface area contributed by atoms with Crippen LogP contribution in [0.3, 0.4) is 0 Å². The third kappa shape index (κ3) is 4.12. The first-order valence-electron chi connectivity index (χ1n) is 10.2. The molecule has 4 heteroatoms. The summed E-state index contributed by atoms with van der Waals surface area (Å²) in [6.45, 7) is 4.90. The van der Waals surface area contributed by atoms with Gasteiger partial charge in [-0.2, -0.15) is 0 Å². The Balaban J connectivity index is 1.47. The van der Waals surface area contributed by atoms with E-state index in [-0.39, 0.29) is 12.0 Å². The number of ether oxygens (including phenoxy) is 1. The molecule has 0 radical (unpaired) electrons. The van der Waals surface area contributed by atoms with Crippen LogP contribution in [-0.2, 0) is 17.7 Å². The summed E-state index contributed by atoms with van der Waals surface area (Å²) in [5, 5.41) is 1.05. The number of hydrogen-bond acceptors (Lipinski definition) is 2. The summed E-state index contributed by atoms with van der Waals surface area (Å²) in [7, 11) is 0. The first-order chi connectivity index (χ1) is 13.7. The van der Waals surface area contributed by atoms with Gasteiger partial charge < -0.3 is 14.2 Å². The van der Waals surface area contributed by atoms with Crippen molar-refractivity contribution in [3.05, 3.63) is 71.9 Å². The van der Waals surface area contributed by atoms with Crippen LogP contribution in [0.5, 0.6) is 0 Å². The number of fused-ring (bicyclic) bond motifs is 1. The van der Waals surface area contributed by atoms with E-state index in [2.05, 4.69) is 53.2 Å². The molecule has 0 spiro atoms. The summed E-state index contributed by atoms with van der Waals surface area (Å²) in [5.41, 5.74) is 3.34. The molecule has 1 fully saturated rings. The molecule has 4 nitrogen and oxygen atoms in total. The fourth-order valence-electron chi connectivity index (χ4n) is 4.03. The van der Waals surface area contributed by atoms with Crippen molar-refractivity contribution in [3.8, 4) is 0 Å². The number of amides is 1. The third-order valence-corrected chi connectivity index (χ3v) is 5.50. The van der Waals surface area contributed by atoms with Crippen LogP contribution in [0.15, 0.2) is 60.8 Å². The van der Waals surface area contributed by atoms with E-state index in [0.717, 1.165) is 42.3 Å². The number of benzene rings is 2. The van der Waals surface area contributed by atoms with Gasteiger partial charge in [-0.05, 0) is 37.8 Å². The number of aryl methyl sites for hydroxylation is 2. The van der Waals surface area contributed by atoms with Crippen molar-refractivity contribution in [3.63, 3.8) is 0 Å². The van der Waals surface area contributed by atoms with Crippen LogP contribution in [0.2, 0.25) is 0 Å². The molecule has 1 saturated heterocycles. The number of rotatable bonds is 6. The summed E-state index contributed by atoms with van der Waals surface area (Å²) in [5.74, 6) is 0.120. The highest BCUT2D eigenvalue weighted by molar-refractivity contribution is 6.07. The normalized spacial score (nSPS) is 17.2. The molecule has 1 aromatic heterocycles. The number of hydrogen-bond donors (Lipinski definition) is 0. The van der Waals surface area contributed by atoms with Crippen LogP contribution in [-0.4, -0.2) is 41.2 Å². The van der Waals surface area contributed by atoms with Crippen LogP contribution in [0.1, 0.15) is 35.7 Å². The number of para-hydroxylation sites is 1. The summed E-state index contributed by atoms with van der Waals surface area (Å²) >= 11 is 0. The molecular formula is C24H28N2O2. The van der Waals surface area contributed by atoms with Crippen LogP contribution in [0.25, 0.3) is 10.9 Å². The molecule has 28 heavy (non-hydrogen) atoms. The maximum atomic E-state index is 13.1. The van der Waals surface area contributed by atoms with E-state index in [1.54, 1.807) is 0 Å². The fraction of sp³-hybridized carbons (Fsp3) is 0.375. The second-order valence-corrected chi connectivity index (χ2v) is 7.63. The van der Waals surface area contributed by atoms with Gasteiger partial charge in [-0.3, -0.25) is 4.79 Å². The Morgan fingerprint density at radius 2 is 1.86 bits per heavy atom. The van der Waals surface area contributed by atoms with Crippen molar-refractivity contribution >= 4 is 16.8 Å². The van der Waals surface area contributed by atoms with E-state index >= 15 is 0 Å². The van der Waals surface area contributed by atoms with E-state index in [1.165, 1.54) is 5.56 Å². The maximum Gasteiger partial charge on any atom is 0.256 e. The maximum absolute atomic E-state index is 13.1. The lowest BCUT2D eigenvalue weighted by Gasteiger charge is -2.31. The molecular weight excluding hydrogens is 348 g/mol. The van der Waals surface area contributed by atoms with Gasteiger partial charge in [0.25, 0.3) is 5.91 Å². The van der Waals surface area contributed by atoms with E-state index in [9.17, 15) is 4.79 Å². The third-order valence-electron chi connectivity index (χ3n) is 5.50. The van der Waals surface area contributed by atoms with Crippen molar-refractivity contribution in [2.45, 2.75) is 38.8 Å². The molecule has 1 aliphatic rings. The molecule has 2 heterocycles. The van der Waals surface area contributed by atoms with Gasteiger partial charge in [-0.15, -0.1) is 0 Å². The lowest BCUT2D eigenvalue weighted by molar-refractivity contribution is -0.0123. The van der Waals surface area contributed by atoms with Gasteiger partial charge in [0, 0.05) is 36.7 Å². The lowest BCUT2D eigenvalue weighted by atomic mass is 10.1. The lowest BCUT2D eigenvalue weighted by Crippen LogP contribution is -2.44. The van der Waals surface area contributed by atoms with Gasteiger partial charge in [0.15, 0.2) is 0 Å². The SMILES string of the molecule is C[C@@H]1CN(C(=O)c2cn(CCCCc3ccccc3)c3ccccc23)CCO1. The highest BCUT2D eigenvalue weighted by Gasteiger charge is 2.25. The molecule has 3 aromatic rings. The Labute approximate surface area is 166 Å². The van der Waals surface area contributed by atoms with Crippen molar-refractivity contribution in [1.82, 2.24) is 9.47 Å². The predicted octanol–water partition coefficient (Wildman–Crippen LogP) is 4.53. The molecule has 0 saturated carbocycles. The average molecular weight is 377 g/mol. The standard InChI is InChI=1S/C24H28N2O2/c1-19-17-26(15-16-28-19)24(27)22-18-25(23-13-6-5-12-21(22)23)14-8-7-11-20-9-3-2-4-10-20/h2-6,9-10,12-13,18-19H,7-8,11,14-17H2,1H3/t19-/m1/s1. The van der Waals surface area contributed by atoms with E-state index < -0.39 is 0 Å². The highest BCUT2D eigenvalue weighted by Crippen LogP contribution is 2.24. The molecule has 4 rings (SSSR count). The van der Waals surface area contributed by atoms with Gasteiger partial charge in [-0.1, -0.05) is 48.5 Å². The molecule has 2 aromatic carbocycles. The molecule has 0 aliphatic carbocycles. The zero-order chi connectivity index (χ0) is 19.3. The Morgan fingerprint density at radius 3 is 2.68 bits per heavy atom. The quantitative estimate of drug-likeness (QED) is 0.593. The van der Waals surface area contributed by atoms with Gasteiger partial charge in [0.05, 0.1) is 18.3 Å².